The summed E-state index contributed by atoms with van der Waals surface area (Å²) in [5, 5.41) is -0.589. The third-order valence-corrected chi connectivity index (χ3v) is 27.6. The van der Waals surface area contributed by atoms with Crippen LogP contribution in [0.15, 0.2) is 289 Å². The molecule has 632 valence electrons. The van der Waals surface area contributed by atoms with E-state index in [9.17, 15) is 36.8 Å². The van der Waals surface area contributed by atoms with Gasteiger partial charge >= 0.3 is 29.8 Å². The fourth-order valence-corrected chi connectivity index (χ4v) is 21.3. The quantitative estimate of drug-likeness (QED) is 0.0271. The fourth-order valence-electron chi connectivity index (χ4n) is 19.3. The van der Waals surface area contributed by atoms with Crippen LogP contribution in [0, 0.1) is 106 Å². The number of benzene rings is 4. The van der Waals surface area contributed by atoms with Gasteiger partial charge in [0, 0.05) is 63.7 Å². The number of halogens is 1. The zero-order chi connectivity index (χ0) is 85.8. The lowest BCUT2D eigenvalue weighted by atomic mass is 9.71. The Kier molecular flexibility index (Phi) is 32.3. The highest BCUT2D eigenvalue weighted by atomic mass is 32.2. The number of unbranched alkanes of at least 4 members (excludes halogenated alkanes) is 5. The van der Waals surface area contributed by atoms with Crippen LogP contribution >= 0.6 is 0 Å². The number of esters is 5. The Labute approximate surface area is 709 Å². The van der Waals surface area contributed by atoms with Crippen LogP contribution in [-0.2, 0) is 62.9 Å². The largest absolute Gasteiger partial charge is 0.466 e. The predicted octanol–water partition coefficient (Wildman–Crippen LogP) is 23.4. The van der Waals surface area contributed by atoms with E-state index in [2.05, 4.69) is 256 Å². The van der Waals surface area contributed by atoms with Crippen molar-refractivity contribution in [3.8, 4) is 0 Å². The molecule has 0 radical (unpaired) electrons. The Bertz CT molecular complexity index is 4620. The van der Waals surface area contributed by atoms with E-state index in [4.69, 9.17) is 18.9 Å². The first-order valence-corrected chi connectivity index (χ1v) is 44.5. The molecule has 0 spiro atoms. The molecule has 1 aliphatic heterocycles. The molecule has 0 saturated heterocycles. The van der Waals surface area contributed by atoms with Gasteiger partial charge in [0.05, 0.1) is 24.7 Å². The molecule has 3 fully saturated rings. The van der Waals surface area contributed by atoms with Gasteiger partial charge in [-0.2, -0.15) is 0 Å². The first kappa shape index (κ1) is 91.5. The van der Waals surface area contributed by atoms with Crippen molar-refractivity contribution < 1.29 is 60.5 Å². The van der Waals surface area contributed by atoms with Crippen LogP contribution < -0.4 is 0 Å². The van der Waals surface area contributed by atoms with Crippen molar-refractivity contribution in [3.63, 3.8) is 0 Å². The second-order valence-corrected chi connectivity index (χ2v) is 37.7. The number of carbonyl (C=O) groups is 5. The van der Waals surface area contributed by atoms with Crippen LogP contribution in [0.25, 0.3) is 6.08 Å². The van der Waals surface area contributed by atoms with Gasteiger partial charge in [-0.3, -0.25) is 24.0 Å². The summed E-state index contributed by atoms with van der Waals surface area (Å²) in [6.45, 7) is 32.3. The van der Waals surface area contributed by atoms with E-state index in [1.165, 1.54) is 125 Å². The first-order valence-electron chi connectivity index (χ1n) is 43.0. The molecule has 3 saturated carbocycles. The molecule has 15 rings (SSSR count). The zero-order valence-electron chi connectivity index (χ0n) is 72.4. The van der Waals surface area contributed by atoms with E-state index in [1.54, 1.807) is 18.2 Å². The molecule has 14 heteroatoms. The second kappa shape index (κ2) is 41.9. The molecule has 10 aliphatic carbocycles. The lowest BCUT2D eigenvalue weighted by Gasteiger charge is -2.31. The van der Waals surface area contributed by atoms with Crippen LogP contribution in [0.4, 0.5) is 4.39 Å². The van der Waals surface area contributed by atoms with Gasteiger partial charge in [0.15, 0.2) is 9.84 Å². The summed E-state index contributed by atoms with van der Waals surface area (Å²) in [6, 6.07) is 39.6. The molecule has 0 amide bonds. The molecule has 12 nitrogen and oxygen atoms in total. The Hall–Kier alpha value is -9.79. The molecule has 4 aromatic carbocycles. The predicted molar refractivity (Wildman–Crippen MR) is 477 cm³/mol. The van der Waals surface area contributed by atoms with Crippen LogP contribution in [0.2, 0.25) is 0 Å². The van der Waals surface area contributed by atoms with Crippen LogP contribution in [-0.4, -0.2) is 71.3 Å². The van der Waals surface area contributed by atoms with Crippen LogP contribution in [0.3, 0.4) is 0 Å². The lowest BCUT2D eigenvalue weighted by molar-refractivity contribution is -0.143. The van der Waals surface area contributed by atoms with Gasteiger partial charge in [0.1, 0.15) is 24.3 Å². The smallest absolute Gasteiger partial charge is 0.302 e. The number of ether oxygens (including phenoxy) is 5. The van der Waals surface area contributed by atoms with E-state index in [-0.39, 0.29) is 75.2 Å². The van der Waals surface area contributed by atoms with Crippen molar-refractivity contribution in [2.75, 3.05) is 33.0 Å². The first-order chi connectivity index (χ1) is 56.8. The maximum absolute atomic E-state index is 13.5. The molecule has 0 aromatic heterocycles. The van der Waals surface area contributed by atoms with Crippen molar-refractivity contribution in [2.24, 2.45) is 106 Å². The highest BCUT2D eigenvalue weighted by Crippen LogP contribution is 2.57. The minimum Gasteiger partial charge on any atom is -0.466 e. The Morgan fingerprint density at radius 2 is 0.840 bits per heavy atom. The monoisotopic (exact) mass is 1630 g/mol. The molecule has 0 bridgehead atoms. The number of hydrogen-bond donors (Lipinski definition) is 0. The van der Waals surface area contributed by atoms with E-state index >= 15 is 0 Å². The third-order valence-electron chi connectivity index (χ3n) is 25.4. The maximum Gasteiger partial charge on any atom is 0.302 e. The Morgan fingerprint density at radius 1 is 0.429 bits per heavy atom. The molecule has 1 heterocycles. The van der Waals surface area contributed by atoms with Gasteiger partial charge in [-0.05, 0) is 160 Å². The van der Waals surface area contributed by atoms with E-state index in [0.29, 0.717) is 103 Å². The average molecular weight is 1630 g/mol. The topological polar surface area (TPSA) is 166 Å². The summed E-state index contributed by atoms with van der Waals surface area (Å²) in [4.78, 5) is 54.9. The number of fused-ring (bicyclic) bond motifs is 12. The number of allylic oxidation sites excluding steroid dienone is 26. The zero-order valence-corrected chi connectivity index (χ0v) is 73.3. The molecule has 119 heavy (non-hydrogen) atoms. The van der Waals surface area contributed by atoms with Crippen molar-refractivity contribution >= 4 is 45.8 Å². The van der Waals surface area contributed by atoms with Crippen molar-refractivity contribution in [3.05, 3.63) is 316 Å². The third kappa shape index (κ3) is 23.4. The number of hydrogen-bond acceptors (Lipinski definition) is 12. The molecule has 16 atom stereocenters. The van der Waals surface area contributed by atoms with Crippen molar-refractivity contribution in [2.45, 2.75) is 153 Å². The maximum atomic E-state index is 13.5. The minimum absolute atomic E-state index is 0.117. The van der Waals surface area contributed by atoms with Gasteiger partial charge in [-0.15, -0.1) is 0 Å². The number of carbonyl (C=O) groups excluding carboxylic acids is 5. The van der Waals surface area contributed by atoms with Crippen molar-refractivity contribution in [1.82, 2.24) is 0 Å². The van der Waals surface area contributed by atoms with Gasteiger partial charge in [0.25, 0.3) is 0 Å². The summed E-state index contributed by atoms with van der Waals surface area (Å²) in [7, 11) is -3.46. The standard InChI is InChI=1S/C25H36O2.C24H34O2.C20H18.C16H17FO2.C15H14O4S.C5H8O2/c1-4-5-6-7-8-9-10-20-12-14-22-21-13-11-18(2)15-23(21)25(24(22)16-20)17-27-19(3)26;1-15(25)26-14-22-20-12-16(23(2,3)4)8-10-18(20)19-11-9-17(13-21(19)22)24(5,6)7;1-20(17-11-5-2-6-12-17,18-13-7-3-8-14-18)19-15-9-4-10-16-19;1-10(18)19-9-16-13-5-3-2-4-12(13)14-7-6-11(17)8-15(14)16;1-10(16)19-9-13-8-12-7-6-11-4-2-3-5-14(11)15(12)20(13,17)18;1-3-4-7-5(2)6/h11-16,21-25H,4-10,17H2,1-3H3;8-13,18-22H,14H2,1-7H3;2-16H,1H3;2-8,12-16H,9H2,1H3;2-8,12,15H,9H2,1H3;3H,1,4H2,2H3. The van der Waals surface area contributed by atoms with Gasteiger partial charge in [-0.25, -0.2) is 12.8 Å². The molecular formula is C105H127FO12S. The van der Waals surface area contributed by atoms with E-state index in [0.717, 1.165) is 11.1 Å². The Morgan fingerprint density at radius 3 is 1.32 bits per heavy atom. The Balaban J connectivity index is 0.000000154. The fraction of sp³-hybridized carbons (Fsp3) is 0.438. The summed E-state index contributed by atoms with van der Waals surface area (Å²) >= 11 is 0. The van der Waals surface area contributed by atoms with E-state index < -0.39 is 21.1 Å². The average Bonchev–Trinajstić information content (AvgIpc) is 1.61. The van der Waals surface area contributed by atoms with Gasteiger partial charge in [-0.1, -0.05) is 341 Å². The van der Waals surface area contributed by atoms with Gasteiger partial charge in [0.2, 0.25) is 0 Å². The minimum atomic E-state index is -3.46. The molecule has 0 N–H and O–H groups in total. The SMILES string of the molecule is C=CCOC(C)=O.CC(=O)OCC1=CC2C=Cc3ccccc3C2S1(=O)=O.CC(=O)OCC1C2C=C(C(C)(C)C)C=CC2C2C=CC(C(C)(C)C)=CC21.CC(=O)OCC1C2C=CC=CC2C2C=CC(F)=CC21.CC(c1ccccc1)(c1ccccc1)c1ccccc1.CCCCCCCCC1=CC2C(C=C1)C1C=CC(C)=CC1C2COC(C)=O. The van der Waals surface area contributed by atoms with Gasteiger partial charge < -0.3 is 23.7 Å². The summed E-state index contributed by atoms with van der Waals surface area (Å²) in [6.07, 6.45) is 58.7. The van der Waals surface area contributed by atoms with E-state index in [1.807, 2.05) is 48.6 Å². The molecular weight excluding hydrogens is 1500 g/mol. The van der Waals surface area contributed by atoms with Crippen LogP contribution in [0.5, 0.6) is 0 Å². The second-order valence-electron chi connectivity index (χ2n) is 35.6. The summed E-state index contributed by atoms with van der Waals surface area (Å²) in [5.74, 6) is 4.26. The normalized spacial score (nSPS) is 27.1. The number of sulfone groups is 1. The summed E-state index contributed by atoms with van der Waals surface area (Å²) < 4.78 is 64.2. The lowest BCUT2D eigenvalue weighted by Crippen LogP contribution is -2.25. The van der Waals surface area contributed by atoms with Crippen LogP contribution in [0.1, 0.15) is 175 Å². The summed E-state index contributed by atoms with van der Waals surface area (Å²) in [5.41, 5.74) is 11.5. The molecule has 4 aromatic rings. The number of rotatable bonds is 20. The van der Waals surface area contributed by atoms with Crippen molar-refractivity contribution in [1.29, 1.82) is 0 Å². The molecule has 16 unspecified atom stereocenters. The molecule has 11 aliphatic rings. The highest BCUT2D eigenvalue weighted by Gasteiger charge is 2.52. The highest BCUT2D eigenvalue weighted by molar-refractivity contribution is 7.95.